The molecule has 7 heteroatoms. The zero-order valence-corrected chi connectivity index (χ0v) is 11.0. The van der Waals surface area contributed by atoms with Gasteiger partial charge in [-0.3, -0.25) is 4.79 Å². The number of nitriles is 1. The summed E-state index contributed by atoms with van der Waals surface area (Å²) in [5.41, 5.74) is 0. The number of amides is 2. The van der Waals surface area contributed by atoms with Crippen LogP contribution < -0.4 is 0 Å². The van der Waals surface area contributed by atoms with Crippen LogP contribution >= 0.6 is 0 Å². The number of nitrogens with zero attached hydrogens (tertiary/aromatic N) is 3. The van der Waals surface area contributed by atoms with Crippen LogP contribution in [-0.2, 0) is 9.53 Å². The van der Waals surface area contributed by atoms with Crippen molar-refractivity contribution in [3.63, 3.8) is 0 Å². The van der Waals surface area contributed by atoms with Crippen molar-refractivity contribution in [3.8, 4) is 6.07 Å². The van der Waals surface area contributed by atoms with Gasteiger partial charge in [-0.15, -0.1) is 0 Å². The SMILES string of the molecule is CCN(CCC#N)C(=O)N1CCOC(CC(=O)O)C1. The molecule has 0 spiro atoms. The highest BCUT2D eigenvalue weighted by atomic mass is 16.5. The third-order valence-electron chi connectivity index (χ3n) is 2.96. The normalized spacial score (nSPS) is 18.7. The minimum absolute atomic E-state index is 0.103. The second-order valence-electron chi connectivity index (χ2n) is 4.31. The smallest absolute Gasteiger partial charge is 0.320 e. The van der Waals surface area contributed by atoms with E-state index in [9.17, 15) is 9.59 Å². The number of carbonyl (C=O) groups is 2. The molecule has 1 saturated heterocycles. The fourth-order valence-electron chi connectivity index (χ4n) is 1.99. The summed E-state index contributed by atoms with van der Waals surface area (Å²) in [5, 5.41) is 17.3. The summed E-state index contributed by atoms with van der Waals surface area (Å²) in [6, 6.07) is 1.85. The van der Waals surface area contributed by atoms with E-state index in [0.29, 0.717) is 32.7 Å². The van der Waals surface area contributed by atoms with Gasteiger partial charge in [-0.25, -0.2) is 4.79 Å². The third kappa shape index (κ3) is 4.75. The molecule has 0 radical (unpaired) electrons. The van der Waals surface area contributed by atoms with Crippen molar-refractivity contribution in [3.05, 3.63) is 0 Å². The van der Waals surface area contributed by atoms with Crippen LogP contribution in [0.2, 0.25) is 0 Å². The lowest BCUT2D eigenvalue weighted by atomic mass is 10.2. The lowest BCUT2D eigenvalue weighted by Gasteiger charge is -2.35. The molecule has 1 aliphatic heterocycles. The first-order valence-electron chi connectivity index (χ1n) is 6.32. The van der Waals surface area contributed by atoms with Gasteiger partial charge in [0.1, 0.15) is 0 Å². The molecular formula is C12H19N3O4. The average Bonchev–Trinajstić information content (AvgIpc) is 2.39. The molecule has 7 nitrogen and oxygen atoms in total. The summed E-state index contributed by atoms with van der Waals surface area (Å²) in [5.74, 6) is -0.934. The molecule has 2 amide bonds. The Hall–Kier alpha value is -1.81. The van der Waals surface area contributed by atoms with Crippen LogP contribution in [0.5, 0.6) is 0 Å². The maximum Gasteiger partial charge on any atom is 0.320 e. The summed E-state index contributed by atoms with van der Waals surface area (Å²) in [6.45, 7) is 3.87. The molecule has 1 atom stereocenters. The lowest BCUT2D eigenvalue weighted by Crippen LogP contribution is -2.51. The molecule has 1 rings (SSSR count). The van der Waals surface area contributed by atoms with Crippen molar-refractivity contribution in [2.75, 3.05) is 32.8 Å². The second kappa shape index (κ2) is 7.59. The summed E-state index contributed by atoms with van der Waals surface area (Å²) in [4.78, 5) is 26.0. The van der Waals surface area contributed by atoms with Crippen LogP contribution in [0, 0.1) is 11.3 Å². The first kappa shape index (κ1) is 15.2. The number of carbonyl (C=O) groups excluding carboxylic acids is 1. The van der Waals surface area contributed by atoms with Gasteiger partial charge in [0, 0.05) is 26.2 Å². The van der Waals surface area contributed by atoms with Crippen molar-refractivity contribution < 1.29 is 19.4 Å². The number of morpholine rings is 1. The number of hydrogen-bond acceptors (Lipinski definition) is 4. The van der Waals surface area contributed by atoms with Gasteiger partial charge in [0.25, 0.3) is 0 Å². The van der Waals surface area contributed by atoms with E-state index in [1.54, 1.807) is 9.80 Å². The zero-order valence-electron chi connectivity index (χ0n) is 11.0. The van der Waals surface area contributed by atoms with Gasteiger partial charge in [-0.05, 0) is 6.92 Å². The van der Waals surface area contributed by atoms with Crippen molar-refractivity contribution in [2.24, 2.45) is 0 Å². The van der Waals surface area contributed by atoms with Gasteiger partial charge in [0.15, 0.2) is 0 Å². The fraction of sp³-hybridized carbons (Fsp3) is 0.750. The predicted octanol–water partition coefficient (Wildman–Crippen LogP) is 0.517. The van der Waals surface area contributed by atoms with Crippen LogP contribution in [0.4, 0.5) is 4.79 Å². The van der Waals surface area contributed by atoms with E-state index in [1.807, 2.05) is 13.0 Å². The van der Waals surface area contributed by atoms with E-state index in [0.717, 1.165) is 0 Å². The highest BCUT2D eigenvalue weighted by Crippen LogP contribution is 2.11. The molecule has 0 aromatic carbocycles. The minimum atomic E-state index is -0.934. The monoisotopic (exact) mass is 269 g/mol. The van der Waals surface area contributed by atoms with Gasteiger partial charge >= 0.3 is 12.0 Å². The third-order valence-corrected chi connectivity index (χ3v) is 2.96. The summed E-state index contributed by atoms with van der Waals surface area (Å²) in [7, 11) is 0. The topological polar surface area (TPSA) is 93.9 Å². The molecule has 0 aromatic rings. The standard InChI is InChI=1S/C12H19N3O4/c1-2-14(5-3-4-13)12(18)15-6-7-19-10(9-15)8-11(16)17/h10H,2-3,5-9H2,1H3,(H,16,17). The lowest BCUT2D eigenvalue weighted by molar-refractivity contribution is -0.141. The highest BCUT2D eigenvalue weighted by molar-refractivity contribution is 5.75. The largest absolute Gasteiger partial charge is 0.481 e. The molecule has 106 valence electrons. The number of carboxylic acids is 1. The van der Waals surface area contributed by atoms with Crippen LogP contribution in [0.1, 0.15) is 19.8 Å². The average molecular weight is 269 g/mol. The number of hydrogen-bond donors (Lipinski definition) is 1. The number of rotatable bonds is 5. The molecule has 1 N–H and O–H groups in total. The van der Waals surface area contributed by atoms with Crippen LogP contribution in [-0.4, -0.2) is 65.8 Å². The van der Waals surface area contributed by atoms with E-state index in [1.165, 1.54) is 0 Å². The molecular weight excluding hydrogens is 250 g/mol. The van der Waals surface area contributed by atoms with Gasteiger partial charge in [-0.1, -0.05) is 0 Å². The number of aliphatic carboxylic acids is 1. The van der Waals surface area contributed by atoms with Gasteiger partial charge in [0.2, 0.25) is 0 Å². The number of urea groups is 1. The minimum Gasteiger partial charge on any atom is -0.481 e. The van der Waals surface area contributed by atoms with Crippen molar-refractivity contribution in [1.82, 2.24) is 9.80 Å². The Morgan fingerprint density at radius 1 is 1.58 bits per heavy atom. The van der Waals surface area contributed by atoms with E-state index in [2.05, 4.69) is 0 Å². The Labute approximate surface area is 112 Å². The second-order valence-corrected chi connectivity index (χ2v) is 4.31. The van der Waals surface area contributed by atoms with Gasteiger partial charge in [-0.2, -0.15) is 5.26 Å². The van der Waals surface area contributed by atoms with Crippen LogP contribution in [0.15, 0.2) is 0 Å². The van der Waals surface area contributed by atoms with Crippen LogP contribution in [0.3, 0.4) is 0 Å². The first-order chi connectivity index (χ1) is 9.08. The van der Waals surface area contributed by atoms with Crippen LogP contribution in [0.25, 0.3) is 0 Å². The molecule has 0 bridgehead atoms. The fourth-order valence-corrected chi connectivity index (χ4v) is 1.99. The zero-order chi connectivity index (χ0) is 14.3. The molecule has 0 aliphatic carbocycles. The molecule has 19 heavy (non-hydrogen) atoms. The van der Waals surface area contributed by atoms with Gasteiger partial charge < -0.3 is 19.6 Å². The quantitative estimate of drug-likeness (QED) is 0.785. The van der Waals surface area contributed by atoms with E-state index in [4.69, 9.17) is 15.1 Å². The van der Waals surface area contributed by atoms with E-state index >= 15 is 0 Å². The maximum absolute atomic E-state index is 12.2. The predicted molar refractivity (Wildman–Crippen MR) is 66.4 cm³/mol. The maximum atomic E-state index is 12.2. The number of carboxylic acid groups (broad SMARTS) is 1. The Morgan fingerprint density at radius 3 is 2.89 bits per heavy atom. The molecule has 1 heterocycles. The molecule has 1 fully saturated rings. The molecule has 0 aromatic heterocycles. The molecule has 1 aliphatic rings. The highest BCUT2D eigenvalue weighted by Gasteiger charge is 2.28. The van der Waals surface area contributed by atoms with E-state index < -0.39 is 12.1 Å². The molecule has 0 saturated carbocycles. The Kier molecular flexibility index (Phi) is 6.09. The summed E-state index contributed by atoms with van der Waals surface area (Å²) >= 11 is 0. The Bertz CT molecular complexity index is 366. The van der Waals surface area contributed by atoms with Crippen molar-refractivity contribution in [1.29, 1.82) is 5.26 Å². The Balaban J connectivity index is 2.55. The summed E-state index contributed by atoms with van der Waals surface area (Å²) < 4.78 is 5.32. The first-order valence-corrected chi connectivity index (χ1v) is 6.32. The number of ether oxygens (including phenoxy) is 1. The molecule has 1 unspecified atom stereocenters. The van der Waals surface area contributed by atoms with E-state index in [-0.39, 0.29) is 19.0 Å². The summed E-state index contributed by atoms with van der Waals surface area (Å²) in [6.07, 6.45) is -0.263. The van der Waals surface area contributed by atoms with Crippen molar-refractivity contribution >= 4 is 12.0 Å². The van der Waals surface area contributed by atoms with Gasteiger partial charge in [0.05, 0.1) is 31.6 Å². The van der Waals surface area contributed by atoms with Crippen molar-refractivity contribution in [2.45, 2.75) is 25.9 Å². The Morgan fingerprint density at radius 2 is 2.32 bits per heavy atom.